The first-order valence-electron chi connectivity index (χ1n) is 2.32. The fourth-order valence-electron chi connectivity index (χ4n) is 0.0667. The second-order valence-corrected chi connectivity index (χ2v) is 1.17. The number of nitrogens with zero attached hydrogens (tertiary/aromatic N) is 2. The Morgan fingerprint density at radius 1 is 1.27 bits per heavy atom. The Morgan fingerprint density at radius 3 is 1.64 bits per heavy atom. The van der Waals surface area contributed by atoms with Crippen molar-refractivity contribution in [3.05, 3.63) is 0 Å². The van der Waals surface area contributed by atoms with Gasteiger partial charge in [0.1, 0.15) is 0 Å². The molecule has 0 aromatic carbocycles. The zero-order chi connectivity index (χ0) is 9.28. The van der Waals surface area contributed by atoms with Crippen molar-refractivity contribution >= 4 is 18.5 Å². The lowest BCUT2D eigenvalue weighted by atomic mass is 10.9. The van der Waals surface area contributed by atoms with Crippen LogP contribution < -0.4 is 23.3 Å². The summed E-state index contributed by atoms with van der Waals surface area (Å²) in [5, 5.41) is 3.58. The highest BCUT2D eigenvalue weighted by atomic mass is 16.2. The zero-order valence-corrected chi connectivity index (χ0v) is 5.68. The van der Waals surface area contributed by atoms with Crippen LogP contribution in [0.1, 0.15) is 0 Å². The lowest BCUT2D eigenvalue weighted by Crippen LogP contribution is -2.48. The van der Waals surface area contributed by atoms with Crippen LogP contribution in [0, 0.1) is 0 Å². The van der Waals surface area contributed by atoms with Crippen molar-refractivity contribution in [1.82, 2.24) is 5.12 Å². The Bertz CT molecular complexity index is 137. The van der Waals surface area contributed by atoms with Crippen LogP contribution in [-0.2, 0) is 9.59 Å². The quantitative estimate of drug-likeness (QED) is 0.0782. The molecule has 0 heterocycles. The first kappa shape index (κ1) is 12.0. The van der Waals surface area contributed by atoms with E-state index in [4.69, 9.17) is 27.0 Å². The normalized spacial score (nSPS) is 9.09. The molecule has 0 saturated carbocycles. The molecule has 8 heteroatoms. The summed E-state index contributed by atoms with van der Waals surface area (Å²) in [4.78, 5) is 17.6. The van der Waals surface area contributed by atoms with Gasteiger partial charge in [0.2, 0.25) is 5.96 Å². The van der Waals surface area contributed by atoms with E-state index in [1.54, 1.807) is 0 Å². The number of hydrogen-bond acceptors (Lipinski definition) is 6. The molecule has 11 heavy (non-hydrogen) atoms. The van der Waals surface area contributed by atoms with E-state index in [0.717, 1.165) is 0 Å². The Morgan fingerprint density at radius 2 is 1.64 bits per heavy atom. The molecule has 0 saturated heterocycles. The van der Waals surface area contributed by atoms with Gasteiger partial charge >= 0.3 is 0 Å². The number of hydrogen-bond donors (Lipinski definition) is 4. The third-order valence-electron chi connectivity index (χ3n) is 0.452. The molecule has 0 rings (SSSR count). The number of nitrogens with two attached hydrogens (primary N) is 4. The number of carbonyl (C=O) groups is 2. The molecule has 0 radical (unpaired) electrons. The van der Waals surface area contributed by atoms with Crippen molar-refractivity contribution in [3.63, 3.8) is 0 Å². The molecule has 0 unspecified atom stereocenters. The van der Waals surface area contributed by atoms with Crippen molar-refractivity contribution in [1.29, 1.82) is 0 Å². The molecule has 8 nitrogen and oxygen atoms in total. The Balaban J connectivity index is 0. The number of carbonyl (C=O) groups excluding carboxylic acids is 2. The maximum atomic E-state index is 8.81. The van der Waals surface area contributed by atoms with Gasteiger partial charge in [-0.15, -0.1) is 5.10 Å². The SMILES string of the molecule is NN=C(N)N(N)N.O=CC=O. The van der Waals surface area contributed by atoms with Crippen molar-refractivity contribution in [2.45, 2.75) is 0 Å². The topological polar surface area (TPSA) is 154 Å². The van der Waals surface area contributed by atoms with Crippen LogP contribution in [0.15, 0.2) is 5.10 Å². The lowest BCUT2D eigenvalue weighted by molar-refractivity contribution is -0.122. The van der Waals surface area contributed by atoms with Gasteiger partial charge in [0.05, 0.1) is 0 Å². The highest BCUT2D eigenvalue weighted by Crippen LogP contribution is 1.55. The molecular weight excluding hydrogens is 152 g/mol. The lowest BCUT2D eigenvalue weighted by Gasteiger charge is -2.06. The van der Waals surface area contributed by atoms with Crippen molar-refractivity contribution in [2.75, 3.05) is 0 Å². The van der Waals surface area contributed by atoms with E-state index in [9.17, 15) is 0 Å². The third-order valence-corrected chi connectivity index (χ3v) is 0.452. The maximum absolute atomic E-state index is 8.81. The Kier molecular flexibility index (Phi) is 9.12. The van der Waals surface area contributed by atoms with Crippen LogP contribution in [0.3, 0.4) is 0 Å². The minimum Gasteiger partial charge on any atom is -0.366 e. The number of aldehydes is 2. The molecule has 0 atom stereocenters. The molecule has 0 spiro atoms. The van der Waals surface area contributed by atoms with E-state index < -0.39 is 0 Å². The number of hydrazone groups is 1. The molecule has 0 bridgehead atoms. The molecule has 0 aliphatic rings. The van der Waals surface area contributed by atoms with E-state index in [-0.39, 0.29) is 18.5 Å². The maximum Gasteiger partial charge on any atom is 0.242 e. The van der Waals surface area contributed by atoms with Gasteiger partial charge in [-0.3, -0.25) is 9.59 Å². The summed E-state index contributed by atoms with van der Waals surface area (Å²) in [5.41, 5.74) is 4.92. The number of rotatable bonds is 1. The monoisotopic (exact) mass is 162 g/mol. The van der Waals surface area contributed by atoms with Gasteiger partial charge in [-0.25, -0.2) is 16.8 Å². The largest absolute Gasteiger partial charge is 0.366 e. The molecule has 0 aromatic heterocycles. The van der Waals surface area contributed by atoms with Gasteiger partial charge in [-0.1, -0.05) is 0 Å². The van der Waals surface area contributed by atoms with E-state index in [2.05, 4.69) is 10.9 Å². The van der Waals surface area contributed by atoms with Gasteiger partial charge in [0.15, 0.2) is 12.6 Å². The number of guanidine groups is 1. The smallest absolute Gasteiger partial charge is 0.242 e. The standard InChI is InChI=1S/C2H2O2.CH8N6/c3-1-2-4;2-1(6-3)7(4)5/h1-2H;3-5H2,(H2,2,6). The first-order chi connectivity index (χ1) is 5.09. The van der Waals surface area contributed by atoms with E-state index in [1.807, 2.05) is 0 Å². The predicted molar refractivity (Wildman–Crippen MR) is 38.2 cm³/mol. The highest BCUT2D eigenvalue weighted by Gasteiger charge is 1.88. The molecule has 0 aromatic rings. The Hall–Kier alpha value is -1.67. The van der Waals surface area contributed by atoms with Crippen molar-refractivity contribution < 1.29 is 9.59 Å². The summed E-state index contributed by atoms with van der Waals surface area (Å²) in [7, 11) is 0. The van der Waals surface area contributed by atoms with Gasteiger partial charge in [-0.05, 0) is 0 Å². The fraction of sp³-hybridized carbons (Fsp3) is 0. The second kappa shape index (κ2) is 8.33. The average molecular weight is 162 g/mol. The van der Waals surface area contributed by atoms with Crippen LogP contribution in [0.2, 0.25) is 0 Å². The molecule has 0 amide bonds. The van der Waals surface area contributed by atoms with Gasteiger partial charge in [0, 0.05) is 0 Å². The van der Waals surface area contributed by atoms with Crippen molar-refractivity contribution in [3.8, 4) is 0 Å². The average Bonchev–Trinajstić information content (AvgIpc) is 2.03. The minimum atomic E-state index is -0.111. The van der Waals surface area contributed by atoms with Gasteiger partial charge < -0.3 is 11.6 Å². The molecule has 0 fully saturated rings. The molecule has 64 valence electrons. The summed E-state index contributed by atoms with van der Waals surface area (Å²) >= 11 is 0. The van der Waals surface area contributed by atoms with E-state index in [0.29, 0.717) is 5.12 Å². The number of hydrazine groups is 2. The molecule has 8 N–H and O–H groups in total. The molecule has 0 aliphatic heterocycles. The van der Waals surface area contributed by atoms with Crippen LogP contribution in [-0.4, -0.2) is 23.6 Å². The highest BCUT2D eigenvalue weighted by molar-refractivity contribution is 6.09. The van der Waals surface area contributed by atoms with Crippen LogP contribution >= 0.6 is 0 Å². The van der Waals surface area contributed by atoms with E-state index >= 15 is 0 Å². The molecular formula is C3H10N6O2. The predicted octanol–water partition coefficient (Wildman–Crippen LogP) is -3.39. The van der Waals surface area contributed by atoms with E-state index in [1.165, 1.54) is 0 Å². The fourth-order valence-corrected chi connectivity index (χ4v) is 0.0667. The molecule has 0 aliphatic carbocycles. The second-order valence-electron chi connectivity index (χ2n) is 1.17. The summed E-state index contributed by atoms with van der Waals surface area (Å²) in [6.07, 6.45) is 0.389. The van der Waals surface area contributed by atoms with Crippen LogP contribution in [0.25, 0.3) is 0 Å². The third kappa shape index (κ3) is 11.7. The van der Waals surface area contributed by atoms with Crippen LogP contribution in [0.5, 0.6) is 0 Å². The minimum absolute atomic E-state index is 0.111. The van der Waals surface area contributed by atoms with Crippen LogP contribution in [0.4, 0.5) is 0 Å². The zero-order valence-electron chi connectivity index (χ0n) is 5.68. The first-order valence-corrected chi connectivity index (χ1v) is 2.32. The van der Waals surface area contributed by atoms with Gasteiger partial charge in [0.25, 0.3) is 0 Å². The van der Waals surface area contributed by atoms with Crippen molar-refractivity contribution in [2.24, 2.45) is 28.4 Å². The Labute approximate surface area is 62.7 Å². The summed E-state index contributed by atoms with van der Waals surface area (Å²) < 4.78 is 0. The summed E-state index contributed by atoms with van der Waals surface area (Å²) in [5.74, 6) is 14.2. The summed E-state index contributed by atoms with van der Waals surface area (Å²) in [6.45, 7) is 0. The van der Waals surface area contributed by atoms with Gasteiger partial charge in [-0.2, -0.15) is 0 Å². The summed E-state index contributed by atoms with van der Waals surface area (Å²) in [6, 6.07) is 0.